The van der Waals surface area contributed by atoms with Crippen LogP contribution in [0.2, 0.25) is 0 Å². The van der Waals surface area contributed by atoms with E-state index in [0.29, 0.717) is 17.9 Å². The van der Waals surface area contributed by atoms with Gasteiger partial charge in [0.1, 0.15) is 11.6 Å². The lowest BCUT2D eigenvalue weighted by molar-refractivity contribution is 0.100. The van der Waals surface area contributed by atoms with Crippen LogP contribution in [0.15, 0.2) is 42.6 Å². The SMILES string of the molecule is CCOc1ccccc1C(=O)Nc1ncccc1C(N)=O. The van der Waals surface area contributed by atoms with Gasteiger partial charge in [0.05, 0.1) is 17.7 Å². The third kappa shape index (κ3) is 3.36. The van der Waals surface area contributed by atoms with Crippen LogP contribution in [0, 0.1) is 0 Å². The van der Waals surface area contributed by atoms with Gasteiger partial charge in [-0.15, -0.1) is 0 Å². The normalized spacial score (nSPS) is 9.95. The zero-order valence-corrected chi connectivity index (χ0v) is 11.5. The zero-order valence-electron chi connectivity index (χ0n) is 11.5. The number of nitrogens with two attached hydrogens (primary N) is 1. The maximum Gasteiger partial charge on any atom is 0.260 e. The van der Waals surface area contributed by atoms with Gasteiger partial charge in [-0.3, -0.25) is 9.59 Å². The molecule has 0 aliphatic rings. The molecule has 0 radical (unpaired) electrons. The van der Waals surface area contributed by atoms with Crippen molar-refractivity contribution >= 4 is 17.6 Å². The van der Waals surface area contributed by atoms with Gasteiger partial charge in [0.2, 0.25) is 0 Å². The number of anilines is 1. The average molecular weight is 285 g/mol. The van der Waals surface area contributed by atoms with Crippen molar-refractivity contribution in [1.82, 2.24) is 4.98 Å². The molecular formula is C15H15N3O3. The van der Waals surface area contributed by atoms with E-state index in [-0.39, 0.29) is 11.4 Å². The molecule has 108 valence electrons. The molecule has 0 fully saturated rings. The molecule has 0 atom stereocenters. The summed E-state index contributed by atoms with van der Waals surface area (Å²) in [7, 11) is 0. The number of primary amides is 1. The number of benzene rings is 1. The second kappa shape index (κ2) is 6.51. The molecule has 2 aromatic rings. The first-order chi connectivity index (χ1) is 10.1. The Balaban J connectivity index is 2.29. The van der Waals surface area contributed by atoms with Gasteiger partial charge in [0, 0.05) is 6.20 Å². The predicted molar refractivity (Wildman–Crippen MR) is 78.3 cm³/mol. The summed E-state index contributed by atoms with van der Waals surface area (Å²) in [5, 5.41) is 2.58. The quantitative estimate of drug-likeness (QED) is 0.876. The van der Waals surface area contributed by atoms with Crippen LogP contribution in [0.5, 0.6) is 5.75 Å². The fourth-order valence-electron chi connectivity index (χ4n) is 1.81. The van der Waals surface area contributed by atoms with E-state index in [1.54, 1.807) is 30.3 Å². The number of aromatic nitrogens is 1. The van der Waals surface area contributed by atoms with Crippen molar-refractivity contribution in [3.63, 3.8) is 0 Å². The number of hydrogen-bond acceptors (Lipinski definition) is 4. The van der Waals surface area contributed by atoms with Crippen molar-refractivity contribution in [3.8, 4) is 5.75 Å². The molecule has 2 rings (SSSR count). The van der Waals surface area contributed by atoms with Crippen molar-refractivity contribution in [2.75, 3.05) is 11.9 Å². The molecule has 1 heterocycles. The summed E-state index contributed by atoms with van der Waals surface area (Å²) in [6.07, 6.45) is 1.47. The Morgan fingerprint density at radius 1 is 1.19 bits per heavy atom. The van der Waals surface area contributed by atoms with Gasteiger partial charge >= 0.3 is 0 Å². The van der Waals surface area contributed by atoms with Crippen LogP contribution in [-0.2, 0) is 0 Å². The van der Waals surface area contributed by atoms with Crippen LogP contribution >= 0.6 is 0 Å². The number of amides is 2. The summed E-state index contributed by atoms with van der Waals surface area (Å²) in [6.45, 7) is 2.28. The predicted octanol–water partition coefficient (Wildman–Crippen LogP) is 1.83. The van der Waals surface area contributed by atoms with Gasteiger partial charge in [0.15, 0.2) is 0 Å². The van der Waals surface area contributed by atoms with E-state index in [9.17, 15) is 9.59 Å². The third-order valence-corrected chi connectivity index (χ3v) is 2.74. The number of carbonyl (C=O) groups excluding carboxylic acids is 2. The number of hydrogen-bond donors (Lipinski definition) is 2. The number of nitrogens with one attached hydrogen (secondary N) is 1. The fraction of sp³-hybridized carbons (Fsp3) is 0.133. The smallest absolute Gasteiger partial charge is 0.260 e. The highest BCUT2D eigenvalue weighted by Gasteiger charge is 2.16. The van der Waals surface area contributed by atoms with Gasteiger partial charge < -0.3 is 15.8 Å². The van der Waals surface area contributed by atoms with E-state index in [2.05, 4.69) is 10.3 Å². The highest BCUT2D eigenvalue weighted by atomic mass is 16.5. The van der Waals surface area contributed by atoms with Crippen molar-refractivity contribution in [3.05, 3.63) is 53.7 Å². The Kier molecular flexibility index (Phi) is 4.50. The van der Waals surface area contributed by atoms with Crippen LogP contribution < -0.4 is 15.8 Å². The Labute approximate surface area is 121 Å². The van der Waals surface area contributed by atoms with Crippen LogP contribution in [0.3, 0.4) is 0 Å². The minimum atomic E-state index is -0.656. The first kappa shape index (κ1) is 14.5. The second-order valence-corrected chi connectivity index (χ2v) is 4.15. The van der Waals surface area contributed by atoms with Gasteiger partial charge in [0.25, 0.3) is 11.8 Å². The van der Waals surface area contributed by atoms with E-state index in [4.69, 9.17) is 10.5 Å². The van der Waals surface area contributed by atoms with Crippen molar-refractivity contribution in [2.24, 2.45) is 5.73 Å². The largest absolute Gasteiger partial charge is 0.493 e. The van der Waals surface area contributed by atoms with Gasteiger partial charge in [-0.05, 0) is 31.2 Å². The zero-order chi connectivity index (χ0) is 15.2. The summed E-state index contributed by atoms with van der Waals surface area (Å²) >= 11 is 0. The minimum Gasteiger partial charge on any atom is -0.493 e. The molecule has 0 saturated carbocycles. The Hall–Kier alpha value is -2.89. The van der Waals surface area contributed by atoms with Crippen LogP contribution in [0.4, 0.5) is 5.82 Å². The molecule has 2 amide bonds. The summed E-state index contributed by atoms with van der Waals surface area (Å²) in [4.78, 5) is 27.6. The molecule has 0 bridgehead atoms. The van der Waals surface area contributed by atoms with E-state index in [1.165, 1.54) is 12.3 Å². The van der Waals surface area contributed by atoms with Crippen molar-refractivity contribution in [2.45, 2.75) is 6.92 Å². The molecule has 21 heavy (non-hydrogen) atoms. The first-order valence-corrected chi connectivity index (χ1v) is 6.41. The molecule has 3 N–H and O–H groups in total. The molecule has 0 unspecified atom stereocenters. The number of carbonyl (C=O) groups is 2. The lowest BCUT2D eigenvalue weighted by atomic mass is 10.1. The molecule has 6 heteroatoms. The average Bonchev–Trinajstić information content (AvgIpc) is 2.48. The van der Waals surface area contributed by atoms with E-state index >= 15 is 0 Å². The van der Waals surface area contributed by atoms with Gasteiger partial charge in [-0.25, -0.2) is 4.98 Å². The minimum absolute atomic E-state index is 0.126. The number of nitrogens with zero attached hydrogens (tertiary/aromatic N) is 1. The molecule has 1 aromatic carbocycles. The lowest BCUT2D eigenvalue weighted by Crippen LogP contribution is -2.19. The van der Waals surface area contributed by atoms with Crippen molar-refractivity contribution in [1.29, 1.82) is 0 Å². The van der Waals surface area contributed by atoms with Gasteiger partial charge in [-0.2, -0.15) is 0 Å². The monoisotopic (exact) mass is 285 g/mol. The molecular weight excluding hydrogens is 270 g/mol. The Bertz CT molecular complexity index is 671. The molecule has 1 aromatic heterocycles. The Morgan fingerprint density at radius 2 is 1.90 bits per heavy atom. The molecule has 0 aliphatic carbocycles. The van der Waals surface area contributed by atoms with Crippen molar-refractivity contribution < 1.29 is 14.3 Å². The maximum absolute atomic E-state index is 12.3. The topological polar surface area (TPSA) is 94.3 Å². The summed E-state index contributed by atoms with van der Waals surface area (Å²) in [6, 6.07) is 9.91. The lowest BCUT2D eigenvalue weighted by Gasteiger charge is -2.11. The Morgan fingerprint density at radius 3 is 2.62 bits per heavy atom. The number of ether oxygens (including phenoxy) is 1. The number of pyridine rings is 1. The van der Waals surface area contributed by atoms with Gasteiger partial charge in [-0.1, -0.05) is 12.1 Å². The highest BCUT2D eigenvalue weighted by molar-refractivity contribution is 6.09. The molecule has 0 saturated heterocycles. The van der Waals surface area contributed by atoms with Crippen LogP contribution in [-0.4, -0.2) is 23.4 Å². The van der Waals surface area contributed by atoms with E-state index in [0.717, 1.165) is 0 Å². The van der Waals surface area contributed by atoms with Crippen LogP contribution in [0.1, 0.15) is 27.6 Å². The molecule has 0 aliphatic heterocycles. The number of para-hydroxylation sites is 1. The fourth-order valence-corrected chi connectivity index (χ4v) is 1.81. The summed E-state index contributed by atoms with van der Waals surface area (Å²) < 4.78 is 5.40. The highest BCUT2D eigenvalue weighted by Crippen LogP contribution is 2.20. The number of rotatable bonds is 5. The first-order valence-electron chi connectivity index (χ1n) is 6.41. The molecule has 6 nitrogen and oxygen atoms in total. The second-order valence-electron chi connectivity index (χ2n) is 4.15. The summed E-state index contributed by atoms with van der Waals surface area (Å²) in [5.74, 6) is -0.480. The van der Waals surface area contributed by atoms with E-state index < -0.39 is 11.8 Å². The third-order valence-electron chi connectivity index (χ3n) is 2.74. The van der Waals surface area contributed by atoms with Crippen LogP contribution in [0.25, 0.3) is 0 Å². The van der Waals surface area contributed by atoms with E-state index in [1.807, 2.05) is 6.92 Å². The standard InChI is InChI=1S/C15H15N3O3/c1-2-21-12-8-4-3-6-10(12)15(20)18-14-11(13(16)19)7-5-9-17-14/h3-9H,2H2,1H3,(H2,16,19)(H,17,18,20). The summed E-state index contributed by atoms with van der Waals surface area (Å²) in [5.41, 5.74) is 5.77. The molecule has 0 spiro atoms. The maximum atomic E-state index is 12.3.